The van der Waals surface area contributed by atoms with Gasteiger partial charge >= 0.3 is 0 Å². The molecule has 1 atom stereocenters. The summed E-state index contributed by atoms with van der Waals surface area (Å²) in [5.41, 5.74) is 4.10. The molecule has 0 radical (unpaired) electrons. The van der Waals surface area contributed by atoms with Crippen molar-refractivity contribution < 1.29 is 9.53 Å². The zero-order valence-corrected chi connectivity index (χ0v) is 14.5. The van der Waals surface area contributed by atoms with Gasteiger partial charge in [-0.2, -0.15) is 0 Å². The third-order valence-electron chi connectivity index (χ3n) is 5.52. The SMILES string of the molecule is CN1CCc2cc([C@H](CNC(=O)C3CC3)N3CCOCC3)ccc21. The molecule has 1 aromatic carbocycles. The molecule has 3 aliphatic rings. The van der Waals surface area contributed by atoms with Crippen molar-refractivity contribution in [1.82, 2.24) is 10.2 Å². The summed E-state index contributed by atoms with van der Waals surface area (Å²) in [6.07, 6.45) is 3.22. The van der Waals surface area contributed by atoms with Crippen molar-refractivity contribution in [3.8, 4) is 0 Å². The molecule has 1 aromatic rings. The fraction of sp³-hybridized carbons (Fsp3) is 0.632. The summed E-state index contributed by atoms with van der Waals surface area (Å²) < 4.78 is 5.51. The van der Waals surface area contributed by atoms with Gasteiger partial charge in [-0.1, -0.05) is 12.1 Å². The molecule has 0 spiro atoms. The molecular formula is C19H27N3O2. The van der Waals surface area contributed by atoms with E-state index in [9.17, 15) is 4.79 Å². The average Bonchev–Trinajstić information content (AvgIpc) is 3.40. The average molecular weight is 329 g/mol. The fourth-order valence-corrected chi connectivity index (χ4v) is 3.83. The number of nitrogens with one attached hydrogen (secondary N) is 1. The molecule has 130 valence electrons. The Balaban J connectivity index is 1.53. The first-order valence-electron chi connectivity index (χ1n) is 9.16. The largest absolute Gasteiger partial charge is 0.379 e. The molecule has 4 rings (SSSR count). The number of hydrogen-bond acceptors (Lipinski definition) is 4. The van der Waals surface area contributed by atoms with Crippen molar-refractivity contribution in [1.29, 1.82) is 0 Å². The Morgan fingerprint density at radius 3 is 2.83 bits per heavy atom. The third-order valence-corrected chi connectivity index (χ3v) is 5.52. The van der Waals surface area contributed by atoms with Gasteiger partial charge in [-0.25, -0.2) is 0 Å². The van der Waals surface area contributed by atoms with E-state index in [0.717, 1.165) is 52.1 Å². The lowest BCUT2D eigenvalue weighted by Crippen LogP contribution is -2.44. The highest BCUT2D eigenvalue weighted by Crippen LogP contribution is 2.32. The molecule has 0 bridgehead atoms. The van der Waals surface area contributed by atoms with Crippen LogP contribution in [0.25, 0.3) is 0 Å². The molecule has 2 fully saturated rings. The Bertz CT molecular complexity index is 609. The number of benzene rings is 1. The standard InChI is InChI=1S/C19H27N3O2/c1-21-7-6-16-12-15(4-5-17(16)21)18(22-8-10-24-11-9-22)13-20-19(23)14-2-3-14/h4-5,12,14,18H,2-3,6-11,13H2,1H3,(H,20,23)/t18-/m0/s1. The van der Waals surface area contributed by atoms with Crippen LogP contribution in [0, 0.1) is 5.92 Å². The van der Waals surface area contributed by atoms with Crippen molar-refractivity contribution in [3.05, 3.63) is 29.3 Å². The highest BCUT2D eigenvalue weighted by atomic mass is 16.5. The van der Waals surface area contributed by atoms with Crippen LogP contribution in [0.15, 0.2) is 18.2 Å². The highest BCUT2D eigenvalue weighted by molar-refractivity contribution is 5.80. The van der Waals surface area contributed by atoms with Crippen LogP contribution < -0.4 is 10.2 Å². The predicted molar refractivity (Wildman–Crippen MR) is 94.3 cm³/mol. The van der Waals surface area contributed by atoms with Crippen molar-refractivity contribution in [2.45, 2.75) is 25.3 Å². The topological polar surface area (TPSA) is 44.8 Å². The second kappa shape index (κ2) is 6.73. The highest BCUT2D eigenvalue weighted by Gasteiger charge is 2.31. The monoisotopic (exact) mass is 329 g/mol. The number of rotatable bonds is 5. The number of hydrogen-bond donors (Lipinski definition) is 1. The molecule has 2 aliphatic heterocycles. The van der Waals surface area contributed by atoms with Gasteiger partial charge in [-0.05, 0) is 36.5 Å². The number of fused-ring (bicyclic) bond motifs is 1. The minimum absolute atomic E-state index is 0.231. The van der Waals surface area contributed by atoms with E-state index in [1.54, 1.807) is 0 Å². The van der Waals surface area contributed by atoms with Gasteiger partial charge in [0, 0.05) is 44.8 Å². The zero-order valence-electron chi connectivity index (χ0n) is 14.5. The van der Waals surface area contributed by atoms with Crippen molar-refractivity contribution in [3.63, 3.8) is 0 Å². The molecule has 1 aliphatic carbocycles. The van der Waals surface area contributed by atoms with Gasteiger partial charge in [-0.15, -0.1) is 0 Å². The molecule has 1 amide bonds. The van der Waals surface area contributed by atoms with Crippen LogP contribution in [0.4, 0.5) is 5.69 Å². The van der Waals surface area contributed by atoms with E-state index in [2.05, 4.69) is 40.4 Å². The van der Waals surface area contributed by atoms with Gasteiger partial charge in [0.15, 0.2) is 0 Å². The van der Waals surface area contributed by atoms with Gasteiger partial charge in [-0.3, -0.25) is 9.69 Å². The Morgan fingerprint density at radius 1 is 1.29 bits per heavy atom. The van der Waals surface area contributed by atoms with Gasteiger partial charge in [0.25, 0.3) is 0 Å². The van der Waals surface area contributed by atoms with E-state index in [0.29, 0.717) is 6.54 Å². The van der Waals surface area contributed by atoms with Crippen LogP contribution in [0.2, 0.25) is 0 Å². The number of morpholine rings is 1. The first kappa shape index (κ1) is 15.9. The number of anilines is 1. The molecule has 5 heteroatoms. The van der Waals surface area contributed by atoms with E-state index < -0.39 is 0 Å². The number of nitrogens with zero attached hydrogens (tertiary/aromatic N) is 2. The number of likely N-dealkylation sites (N-methyl/N-ethyl adjacent to an activating group) is 1. The summed E-state index contributed by atoms with van der Waals surface area (Å²) in [7, 11) is 2.15. The quantitative estimate of drug-likeness (QED) is 0.891. The Labute approximate surface area is 144 Å². The predicted octanol–water partition coefficient (Wildman–Crippen LogP) is 1.58. The zero-order chi connectivity index (χ0) is 16.5. The summed E-state index contributed by atoms with van der Waals surface area (Å²) in [5.74, 6) is 0.498. The second-order valence-corrected chi connectivity index (χ2v) is 7.24. The van der Waals surface area contributed by atoms with Crippen LogP contribution in [0.1, 0.15) is 30.0 Å². The van der Waals surface area contributed by atoms with E-state index in [1.165, 1.54) is 16.8 Å². The summed E-state index contributed by atoms with van der Waals surface area (Å²) >= 11 is 0. The summed E-state index contributed by atoms with van der Waals surface area (Å²) in [6.45, 7) is 5.22. The van der Waals surface area contributed by atoms with Crippen LogP contribution in [-0.4, -0.2) is 57.2 Å². The van der Waals surface area contributed by atoms with Crippen molar-refractivity contribution in [2.24, 2.45) is 5.92 Å². The van der Waals surface area contributed by atoms with E-state index in [1.807, 2.05) is 0 Å². The minimum Gasteiger partial charge on any atom is -0.379 e. The second-order valence-electron chi connectivity index (χ2n) is 7.24. The number of carbonyl (C=O) groups is 1. The molecule has 24 heavy (non-hydrogen) atoms. The lowest BCUT2D eigenvalue weighted by Gasteiger charge is -2.35. The van der Waals surface area contributed by atoms with Crippen LogP contribution in [0.5, 0.6) is 0 Å². The smallest absolute Gasteiger partial charge is 0.223 e. The van der Waals surface area contributed by atoms with Crippen molar-refractivity contribution >= 4 is 11.6 Å². The Hall–Kier alpha value is -1.59. The van der Waals surface area contributed by atoms with Crippen LogP contribution >= 0.6 is 0 Å². The maximum Gasteiger partial charge on any atom is 0.223 e. The summed E-state index contributed by atoms with van der Waals surface area (Å²) in [4.78, 5) is 16.9. The fourth-order valence-electron chi connectivity index (χ4n) is 3.83. The molecule has 1 N–H and O–H groups in total. The van der Waals surface area contributed by atoms with Crippen molar-refractivity contribution in [2.75, 3.05) is 51.3 Å². The van der Waals surface area contributed by atoms with Gasteiger partial charge in [0.1, 0.15) is 0 Å². The molecular weight excluding hydrogens is 302 g/mol. The van der Waals surface area contributed by atoms with Crippen LogP contribution in [0.3, 0.4) is 0 Å². The maximum absolute atomic E-state index is 12.1. The first-order chi connectivity index (χ1) is 11.7. The first-order valence-corrected chi connectivity index (χ1v) is 9.16. The minimum atomic E-state index is 0.231. The molecule has 1 saturated heterocycles. The molecule has 5 nitrogen and oxygen atoms in total. The lowest BCUT2D eigenvalue weighted by molar-refractivity contribution is -0.122. The summed E-state index contributed by atoms with van der Waals surface area (Å²) in [6, 6.07) is 7.08. The lowest BCUT2D eigenvalue weighted by atomic mass is 10.0. The summed E-state index contributed by atoms with van der Waals surface area (Å²) in [5, 5.41) is 3.19. The number of ether oxygens (including phenoxy) is 1. The molecule has 0 unspecified atom stereocenters. The molecule has 1 saturated carbocycles. The molecule has 0 aromatic heterocycles. The number of carbonyl (C=O) groups excluding carboxylic acids is 1. The van der Waals surface area contributed by atoms with Crippen LogP contribution in [-0.2, 0) is 16.0 Å². The number of amides is 1. The molecule has 2 heterocycles. The Morgan fingerprint density at radius 2 is 2.08 bits per heavy atom. The van der Waals surface area contributed by atoms with Gasteiger partial charge < -0.3 is 15.0 Å². The third kappa shape index (κ3) is 3.28. The van der Waals surface area contributed by atoms with E-state index >= 15 is 0 Å². The van der Waals surface area contributed by atoms with E-state index in [-0.39, 0.29) is 17.9 Å². The van der Waals surface area contributed by atoms with E-state index in [4.69, 9.17) is 4.74 Å². The van der Waals surface area contributed by atoms with Gasteiger partial charge in [0.05, 0.1) is 19.3 Å². The Kier molecular flexibility index (Phi) is 4.46. The maximum atomic E-state index is 12.1. The van der Waals surface area contributed by atoms with Gasteiger partial charge in [0.2, 0.25) is 5.91 Å². The normalized spacial score (nSPS) is 22.3.